The number of carbonyl (C=O) groups is 2. The highest BCUT2D eigenvalue weighted by atomic mass is 35.5. The highest BCUT2D eigenvalue weighted by Gasteiger charge is 2.34. The quantitative estimate of drug-likeness (QED) is 0.801. The molecule has 1 aliphatic heterocycles. The molecule has 0 aromatic heterocycles. The van der Waals surface area contributed by atoms with Gasteiger partial charge in [0.25, 0.3) is 11.8 Å². The van der Waals surface area contributed by atoms with Crippen LogP contribution in [0.2, 0.25) is 10.0 Å². The maximum Gasteiger partial charge on any atom is 0.261 e. The van der Waals surface area contributed by atoms with Gasteiger partial charge in [-0.15, -0.1) is 0 Å². The zero-order valence-corrected chi connectivity index (χ0v) is 12.9. The predicted octanol–water partition coefficient (Wildman–Crippen LogP) is 3.67. The molecule has 1 heterocycles. The molecule has 6 heteroatoms. The number of hydrogen-bond donors (Lipinski definition) is 0. The van der Waals surface area contributed by atoms with Crippen LogP contribution in [0.1, 0.15) is 20.7 Å². The summed E-state index contributed by atoms with van der Waals surface area (Å²) in [5, 5.41) is 0.923. The Balaban J connectivity index is 1.67. The molecule has 22 heavy (non-hydrogen) atoms. The number of halogens is 2. The highest BCUT2D eigenvalue weighted by molar-refractivity contribution is 6.34. The van der Waals surface area contributed by atoms with Gasteiger partial charge in [0, 0.05) is 11.1 Å². The fourth-order valence-electron chi connectivity index (χ4n) is 2.28. The van der Waals surface area contributed by atoms with Crippen LogP contribution < -0.4 is 4.74 Å². The van der Waals surface area contributed by atoms with Crippen LogP contribution in [0, 0.1) is 0 Å². The molecule has 0 N–H and O–H groups in total. The third-order valence-electron chi connectivity index (χ3n) is 3.34. The molecule has 0 fully saturated rings. The van der Waals surface area contributed by atoms with Crippen LogP contribution >= 0.6 is 23.2 Å². The average molecular weight is 336 g/mol. The molecule has 0 unspecified atom stereocenters. The minimum absolute atomic E-state index is 0.144. The Morgan fingerprint density at radius 2 is 1.59 bits per heavy atom. The van der Waals surface area contributed by atoms with Crippen molar-refractivity contribution in [1.29, 1.82) is 0 Å². The molecule has 0 atom stereocenters. The molecule has 0 aliphatic carbocycles. The maximum atomic E-state index is 12.2. The topological polar surface area (TPSA) is 46.6 Å². The van der Waals surface area contributed by atoms with Crippen LogP contribution in [0.3, 0.4) is 0 Å². The average Bonchev–Trinajstić information content (AvgIpc) is 2.76. The van der Waals surface area contributed by atoms with Crippen LogP contribution in [0.15, 0.2) is 42.5 Å². The zero-order chi connectivity index (χ0) is 15.7. The molecule has 2 aromatic carbocycles. The Kier molecular flexibility index (Phi) is 4.05. The molecular formula is C16H11Cl2NO3. The lowest BCUT2D eigenvalue weighted by atomic mass is 10.1. The lowest BCUT2D eigenvalue weighted by Crippen LogP contribution is -2.33. The summed E-state index contributed by atoms with van der Waals surface area (Å²) in [6, 6.07) is 11.6. The van der Waals surface area contributed by atoms with Crippen LogP contribution in [-0.2, 0) is 0 Å². The number of ether oxygens (including phenoxy) is 1. The van der Waals surface area contributed by atoms with Crippen molar-refractivity contribution in [3.63, 3.8) is 0 Å². The molecular weight excluding hydrogens is 325 g/mol. The first kappa shape index (κ1) is 14.9. The summed E-state index contributed by atoms with van der Waals surface area (Å²) < 4.78 is 5.51. The Bertz CT molecular complexity index is 726. The molecule has 3 rings (SSSR count). The molecule has 0 saturated heterocycles. The van der Waals surface area contributed by atoms with Crippen molar-refractivity contribution in [2.45, 2.75) is 0 Å². The number of hydrogen-bond acceptors (Lipinski definition) is 3. The molecule has 0 bridgehead atoms. The van der Waals surface area contributed by atoms with Gasteiger partial charge in [-0.25, -0.2) is 0 Å². The van der Waals surface area contributed by atoms with Crippen molar-refractivity contribution < 1.29 is 14.3 Å². The summed E-state index contributed by atoms with van der Waals surface area (Å²) in [5.74, 6) is -0.187. The molecule has 2 amide bonds. The third kappa shape index (κ3) is 2.67. The van der Waals surface area contributed by atoms with E-state index in [1.165, 1.54) is 4.90 Å². The molecule has 4 nitrogen and oxygen atoms in total. The van der Waals surface area contributed by atoms with E-state index in [1.54, 1.807) is 42.5 Å². The number of fused-ring (bicyclic) bond motifs is 1. The van der Waals surface area contributed by atoms with Crippen LogP contribution in [0.4, 0.5) is 0 Å². The second kappa shape index (κ2) is 5.99. The summed E-state index contributed by atoms with van der Waals surface area (Å²) in [5.41, 5.74) is 0.849. The van der Waals surface area contributed by atoms with Gasteiger partial charge in [0.05, 0.1) is 22.7 Å². The molecule has 0 saturated carbocycles. The van der Waals surface area contributed by atoms with Crippen molar-refractivity contribution in [1.82, 2.24) is 4.90 Å². The summed E-state index contributed by atoms with van der Waals surface area (Å²) >= 11 is 11.9. The van der Waals surface area contributed by atoms with Gasteiger partial charge in [0.1, 0.15) is 12.4 Å². The van der Waals surface area contributed by atoms with Crippen molar-refractivity contribution in [2.24, 2.45) is 0 Å². The van der Waals surface area contributed by atoms with E-state index in [-0.39, 0.29) is 25.0 Å². The van der Waals surface area contributed by atoms with Gasteiger partial charge < -0.3 is 4.74 Å². The number of carbonyl (C=O) groups excluding carboxylic acids is 2. The fraction of sp³-hybridized carbons (Fsp3) is 0.125. The first-order chi connectivity index (χ1) is 10.6. The van der Waals surface area contributed by atoms with Gasteiger partial charge in [-0.05, 0) is 24.3 Å². The van der Waals surface area contributed by atoms with Gasteiger partial charge in [-0.2, -0.15) is 0 Å². The molecule has 0 spiro atoms. The maximum absolute atomic E-state index is 12.2. The summed E-state index contributed by atoms with van der Waals surface area (Å²) in [6.07, 6.45) is 0. The van der Waals surface area contributed by atoms with E-state index in [2.05, 4.69) is 0 Å². The monoisotopic (exact) mass is 335 g/mol. The Morgan fingerprint density at radius 1 is 0.955 bits per heavy atom. The van der Waals surface area contributed by atoms with E-state index >= 15 is 0 Å². The van der Waals surface area contributed by atoms with Gasteiger partial charge in [-0.1, -0.05) is 35.3 Å². The smallest absolute Gasteiger partial charge is 0.261 e. The second-order valence-corrected chi connectivity index (χ2v) is 5.57. The second-order valence-electron chi connectivity index (χ2n) is 4.73. The van der Waals surface area contributed by atoms with Crippen molar-refractivity contribution >= 4 is 35.0 Å². The number of amides is 2. The summed E-state index contributed by atoms with van der Waals surface area (Å²) in [6.45, 7) is 0.292. The van der Waals surface area contributed by atoms with E-state index in [0.717, 1.165) is 0 Å². The van der Waals surface area contributed by atoms with Gasteiger partial charge in [0.15, 0.2) is 0 Å². The first-order valence-electron chi connectivity index (χ1n) is 6.61. The lowest BCUT2D eigenvalue weighted by molar-refractivity contribution is 0.0631. The van der Waals surface area contributed by atoms with E-state index in [1.807, 2.05) is 0 Å². The summed E-state index contributed by atoms with van der Waals surface area (Å²) in [4.78, 5) is 25.5. The normalized spacial score (nSPS) is 13.5. The predicted molar refractivity (Wildman–Crippen MR) is 83.8 cm³/mol. The minimum Gasteiger partial charge on any atom is -0.490 e. The Hall–Kier alpha value is -2.04. The lowest BCUT2D eigenvalue weighted by Gasteiger charge is -2.15. The molecule has 112 valence electrons. The van der Waals surface area contributed by atoms with Crippen molar-refractivity contribution in [2.75, 3.05) is 13.2 Å². The number of nitrogens with zero attached hydrogens (tertiary/aromatic N) is 1. The SMILES string of the molecule is O=C1c2ccccc2C(=O)N1CCOc1cc(Cl)ccc1Cl. The van der Waals surface area contributed by atoms with Crippen LogP contribution in [0.5, 0.6) is 5.75 Å². The molecule has 2 aromatic rings. The third-order valence-corrected chi connectivity index (χ3v) is 3.89. The van der Waals surface area contributed by atoms with Crippen LogP contribution in [-0.4, -0.2) is 29.9 Å². The Labute approximate surface area is 137 Å². The van der Waals surface area contributed by atoms with Crippen molar-refractivity contribution in [3.8, 4) is 5.75 Å². The zero-order valence-electron chi connectivity index (χ0n) is 11.4. The number of imide groups is 1. The van der Waals surface area contributed by atoms with E-state index in [4.69, 9.17) is 27.9 Å². The standard InChI is InChI=1S/C16H11Cl2NO3/c17-10-5-6-13(18)14(9-10)22-8-7-19-15(20)11-3-1-2-4-12(11)16(19)21/h1-6,9H,7-8H2. The van der Waals surface area contributed by atoms with E-state index < -0.39 is 0 Å². The summed E-state index contributed by atoms with van der Waals surface area (Å²) in [7, 11) is 0. The van der Waals surface area contributed by atoms with Gasteiger partial charge in [0.2, 0.25) is 0 Å². The van der Waals surface area contributed by atoms with Crippen molar-refractivity contribution in [3.05, 3.63) is 63.6 Å². The van der Waals surface area contributed by atoms with Crippen LogP contribution in [0.25, 0.3) is 0 Å². The van der Waals surface area contributed by atoms with E-state index in [9.17, 15) is 9.59 Å². The van der Waals surface area contributed by atoms with Gasteiger partial charge in [-0.3, -0.25) is 14.5 Å². The van der Waals surface area contributed by atoms with Gasteiger partial charge >= 0.3 is 0 Å². The van der Waals surface area contributed by atoms with E-state index in [0.29, 0.717) is 26.9 Å². The highest BCUT2D eigenvalue weighted by Crippen LogP contribution is 2.28. The number of benzene rings is 2. The minimum atomic E-state index is -0.304. The number of rotatable bonds is 4. The fourth-order valence-corrected chi connectivity index (χ4v) is 2.61. The molecule has 0 radical (unpaired) electrons. The molecule has 1 aliphatic rings. The largest absolute Gasteiger partial charge is 0.490 e. The Morgan fingerprint density at radius 3 is 2.23 bits per heavy atom. The first-order valence-corrected chi connectivity index (χ1v) is 7.36.